The van der Waals surface area contributed by atoms with Gasteiger partial charge in [-0.15, -0.1) is 11.3 Å². The number of hydrogen-bond donors (Lipinski definition) is 1. The van der Waals surface area contributed by atoms with Gasteiger partial charge in [0.1, 0.15) is 16.8 Å². The molecule has 2 amide bonds. The SMILES string of the molecule is CCOc1ccc2ccccc2c1C(=O)Nc1sc2c(c1C#N)CCN(C(C)=O)C2. The number of hydrogen-bond acceptors (Lipinski definition) is 5. The average Bonchev–Trinajstić information content (AvgIpc) is 3.09. The Morgan fingerprint density at radius 3 is 2.80 bits per heavy atom. The third-order valence-electron chi connectivity index (χ3n) is 5.26. The molecule has 7 heteroatoms. The van der Waals surface area contributed by atoms with Gasteiger partial charge in [-0.25, -0.2) is 0 Å². The second-order valence-electron chi connectivity index (χ2n) is 7.06. The predicted octanol–water partition coefficient (Wildman–Crippen LogP) is 4.33. The first kappa shape index (κ1) is 19.9. The van der Waals surface area contributed by atoms with Crippen molar-refractivity contribution in [2.24, 2.45) is 0 Å². The summed E-state index contributed by atoms with van der Waals surface area (Å²) in [7, 11) is 0. The van der Waals surface area contributed by atoms with Crippen molar-refractivity contribution >= 4 is 38.9 Å². The van der Waals surface area contributed by atoms with Crippen molar-refractivity contribution in [3.05, 3.63) is 58.0 Å². The molecule has 0 saturated heterocycles. The highest BCUT2D eigenvalue weighted by Gasteiger charge is 2.27. The molecule has 0 fully saturated rings. The van der Waals surface area contributed by atoms with Gasteiger partial charge in [-0.3, -0.25) is 9.59 Å². The van der Waals surface area contributed by atoms with Crippen LogP contribution in [0.25, 0.3) is 10.8 Å². The van der Waals surface area contributed by atoms with E-state index >= 15 is 0 Å². The van der Waals surface area contributed by atoms with Gasteiger partial charge < -0.3 is 15.0 Å². The maximum atomic E-state index is 13.3. The lowest BCUT2D eigenvalue weighted by molar-refractivity contribution is -0.129. The van der Waals surface area contributed by atoms with Crippen LogP contribution in [0.15, 0.2) is 36.4 Å². The summed E-state index contributed by atoms with van der Waals surface area (Å²) in [5, 5.41) is 14.9. The number of nitrogens with zero attached hydrogens (tertiary/aromatic N) is 2. The van der Waals surface area contributed by atoms with Crippen molar-refractivity contribution in [1.29, 1.82) is 5.26 Å². The number of nitriles is 1. The lowest BCUT2D eigenvalue weighted by atomic mass is 10.0. The Morgan fingerprint density at radius 1 is 1.27 bits per heavy atom. The van der Waals surface area contributed by atoms with Crippen LogP contribution < -0.4 is 10.1 Å². The molecular weight excluding hydrogens is 398 g/mol. The molecule has 4 rings (SSSR count). The van der Waals surface area contributed by atoms with Crippen molar-refractivity contribution in [2.45, 2.75) is 26.8 Å². The van der Waals surface area contributed by atoms with E-state index in [1.54, 1.807) is 17.9 Å². The lowest BCUT2D eigenvalue weighted by Crippen LogP contribution is -2.33. The summed E-state index contributed by atoms with van der Waals surface area (Å²) in [6, 6.07) is 13.6. The molecule has 1 aliphatic rings. The van der Waals surface area contributed by atoms with Crippen LogP contribution in [-0.4, -0.2) is 29.9 Å². The molecule has 1 aromatic heterocycles. The van der Waals surface area contributed by atoms with Crippen LogP contribution in [0.3, 0.4) is 0 Å². The third kappa shape index (κ3) is 3.51. The van der Waals surface area contributed by atoms with Gasteiger partial charge in [-0.2, -0.15) is 5.26 Å². The van der Waals surface area contributed by atoms with Gasteiger partial charge >= 0.3 is 0 Å². The highest BCUT2D eigenvalue weighted by atomic mass is 32.1. The fourth-order valence-corrected chi connectivity index (χ4v) is 5.01. The molecule has 6 nitrogen and oxygen atoms in total. The van der Waals surface area contributed by atoms with Crippen LogP contribution in [0.1, 0.15) is 40.2 Å². The standard InChI is InChI=1S/C23H21N3O3S/c1-3-29-19-9-8-15-6-4-5-7-16(15)21(19)22(28)25-23-18(12-24)17-10-11-26(14(2)27)13-20(17)30-23/h4-9H,3,10-11,13H2,1-2H3,(H,25,28). The average molecular weight is 420 g/mol. The highest BCUT2D eigenvalue weighted by Crippen LogP contribution is 2.38. The molecule has 3 aromatic rings. The highest BCUT2D eigenvalue weighted by molar-refractivity contribution is 7.16. The van der Waals surface area contributed by atoms with E-state index in [0.717, 1.165) is 21.2 Å². The quantitative estimate of drug-likeness (QED) is 0.682. The van der Waals surface area contributed by atoms with Crippen LogP contribution in [-0.2, 0) is 17.8 Å². The van der Waals surface area contributed by atoms with Crippen LogP contribution in [0, 0.1) is 11.3 Å². The number of anilines is 1. The molecule has 0 aliphatic carbocycles. The maximum Gasteiger partial charge on any atom is 0.260 e. The van der Waals surface area contributed by atoms with Gasteiger partial charge in [0, 0.05) is 18.3 Å². The number of carbonyl (C=O) groups excluding carboxylic acids is 2. The van der Waals surface area contributed by atoms with E-state index in [0.29, 0.717) is 48.0 Å². The van der Waals surface area contributed by atoms with Gasteiger partial charge in [-0.05, 0) is 35.7 Å². The Hall–Kier alpha value is -3.37. The lowest BCUT2D eigenvalue weighted by Gasteiger charge is -2.25. The van der Waals surface area contributed by atoms with E-state index < -0.39 is 0 Å². The van der Waals surface area contributed by atoms with Gasteiger partial charge in [0.05, 0.1) is 24.3 Å². The molecule has 1 aliphatic heterocycles. The summed E-state index contributed by atoms with van der Waals surface area (Å²) in [4.78, 5) is 27.8. The largest absolute Gasteiger partial charge is 0.493 e. The second kappa shape index (κ2) is 8.17. The molecule has 2 heterocycles. The van der Waals surface area contributed by atoms with Crippen LogP contribution >= 0.6 is 11.3 Å². The predicted molar refractivity (Wildman–Crippen MR) is 117 cm³/mol. The summed E-state index contributed by atoms with van der Waals surface area (Å²) >= 11 is 1.37. The number of carbonyl (C=O) groups is 2. The van der Waals surface area contributed by atoms with E-state index in [1.807, 2.05) is 37.3 Å². The van der Waals surface area contributed by atoms with E-state index in [2.05, 4.69) is 11.4 Å². The van der Waals surface area contributed by atoms with Crippen LogP contribution in [0.5, 0.6) is 5.75 Å². The zero-order valence-electron chi connectivity index (χ0n) is 16.8. The van der Waals surface area contributed by atoms with Gasteiger partial charge in [0.25, 0.3) is 5.91 Å². The van der Waals surface area contributed by atoms with Gasteiger partial charge in [-0.1, -0.05) is 30.3 Å². The minimum atomic E-state index is -0.311. The van der Waals surface area contributed by atoms with Crippen LogP contribution in [0.4, 0.5) is 5.00 Å². The van der Waals surface area contributed by atoms with E-state index in [4.69, 9.17) is 4.74 Å². The number of rotatable bonds is 4. The number of thiophene rings is 1. The van der Waals surface area contributed by atoms with E-state index in [-0.39, 0.29) is 11.8 Å². The van der Waals surface area contributed by atoms with Crippen molar-refractivity contribution in [1.82, 2.24) is 4.90 Å². The molecule has 0 spiro atoms. The molecule has 0 unspecified atom stereocenters. The molecule has 30 heavy (non-hydrogen) atoms. The Labute approximate surface area is 178 Å². The van der Waals surface area contributed by atoms with E-state index in [9.17, 15) is 14.9 Å². The van der Waals surface area contributed by atoms with Gasteiger partial charge in [0.15, 0.2) is 0 Å². The zero-order chi connectivity index (χ0) is 21.3. The molecule has 0 radical (unpaired) electrons. The molecule has 0 atom stereocenters. The third-order valence-corrected chi connectivity index (χ3v) is 6.39. The monoisotopic (exact) mass is 419 g/mol. The molecule has 152 valence electrons. The molecule has 0 saturated carbocycles. The smallest absolute Gasteiger partial charge is 0.260 e. The Kier molecular flexibility index (Phi) is 5.42. The number of ether oxygens (including phenoxy) is 1. The summed E-state index contributed by atoms with van der Waals surface area (Å²) in [6.07, 6.45) is 0.614. The first-order valence-electron chi connectivity index (χ1n) is 9.79. The van der Waals surface area contributed by atoms with Crippen LogP contribution in [0.2, 0.25) is 0 Å². The van der Waals surface area contributed by atoms with E-state index in [1.165, 1.54) is 11.3 Å². The van der Waals surface area contributed by atoms with Crippen molar-refractivity contribution in [3.8, 4) is 11.8 Å². The summed E-state index contributed by atoms with van der Waals surface area (Å²) in [6.45, 7) is 4.91. The number of nitrogens with one attached hydrogen (secondary N) is 1. The second-order valence-corrected chi connectivity index (χ2v) is 8.16. The number of fused-ring (bicyclic) bond motifs is 2. The molecule has 0 bridgehead atoms. The molecule has 2 aromatic carbocycles. The van der Waals surface area contributed by atoms with Crippen molar-refractivity contribution < 1.29 is 14.3 Å². The van der Waals surface area contributed by atoms with Gasteiger partial charge in [0.2, 0.25) is 5.91 Å². The number of amides is 2. The minimum absolute atomic E-state index is 0.00950. The fraction of sp³-hybridized carbons (Fsp3) is 0.261. The van der Waals surface area contributed by atoms with Crippen molar-refractivity contribution in [3.63, 3.8) is 0 Å². The Bertz CT molecular complexity index is 1190. The summed E-state index contributed by atoms with van der Waals surface area (Å²) in [5.74, 6) is 0.209. The fourth-order valence-electron chi connectivity index (χ4n) is 3.81. The Balaban J connectivity index is 1.73. The minimum Gasteiger partial charge on any atom is -0.493 e. The summed E-state index contributed by atoms with van der Waals surface area (Å²) < 4.78 is 5.72. The zero-order valence-corrected chi connectivity index (χ0v) is 17.6. The Morgan fingerprint density at radius 2 is 2.07 bits per heavy atom. The molecular formula is C23H21N3O3S. The first-order chi connectivity index (χ1) is 14.5. The van der Waals surface area contributed by atoms with Crippen molar-refractivity contribution in [2.75, 3.05) is 18.5 Å². The maximum absolute atomic E-state index is 13.3. The summed E-state index contributed by atoms with van der Waals surface area (Å²) in [5.41, 5.74) is 1.87. The topological polar surface area (TPSA) is 82.4 Å². The normalized spacial score (nSPS) is 12.9. The number of benzene rings is 2. The molecule has 1 N–H and O–H groups in total. The first-order valence-corrected chi connectivity index (χ1v) is 10.6.